The van der Waals surface area contributed by atoms with Gasteiger partial charge < -0.3 is 9.47 Å². The van der Waals surface area contributed by atoms with Crippen LogP contribution in [0.3, 0.4) is 0 Å². The first kappa shape index (κ1) is 21.7. The number of ether oxygens (including phenoxy) is 2. The lowest BCUT2D eigenvalue weighted by molar-refractivity contribution is 0.353. The summed E-state index contributed by atoms with van der Waals surface area (Å²) in [7, 11) is -1.17. The third-order valence-corrected chi connectivity index (χ3v) is 6.28. The Hall–Kier alpha value is -2.97. The van der Waals surface area contributed by atoms with Crippen molar-refractivity contribution in [3.63, 3.8) is 0 Å². The molecule has 3 aromatic carbocycles. The molecule has 0 unspecified atom stereocenters. The SMILES string of the molecule is COc1ccc(S(=O)(=O)N(Cc2cccc(F)c2)Cc2cccc(F)c2)cc1OC. The summed E-state index contributed by atoms with van der Waals surface area (Å²) < 4.78 is 65.7. The minimum atomic E-state index is -4.03. The molecule has 0 heterocycles. The average Bonchev–Trinajstić information content (AvgIpc) is 2.72. The van der Waals surface area contributed by atoms with Crippen LogP contribution in [0, 0.1) is 11.6 Å². The molecule has 0 aliphatic carbocycles. The van der Waals surface area contributed by atoms with Crippen molar-refractivity contribution in [2.45, 2.75) is 18.0 Å². The fraction of sp³-hybridized carbons (Fsp3) is 0.182. The zero-order valence-corrected chi connectivity index (χ0v) is 17.3. The minimum absolute atomic E-state index is 0.0204. The van der Waals surface area contributed by atoms with Crippen molar-refractivity contribution in [2.24, 2.45) is 0 Å². The van der Waals surface area contributed by atoms with Crippen molar-refractivity contribution < 1.29 is 26.7 Å². The monoisotopic (exact) mass is 433 g/mol. The summed E-state index contributed by atoms with van der Waals surface area (Å²) in [5.41, 5.74) is 0.936. The van der Waals surface area contributed by atoms with Crippen LogP contribution in [-0.4, -0.2) is 26.9 Å². The van der Waals surface area contributed by atoms with Crippen molar-refractivity contribution >= 4 is 10.0 Å². The zero-order valence-electron chi connectivity index (χ0n) is 16.5. The molecule has 3 rings (SSSR count). The van der Waals surface area contributed by atoms with Crippen molar-refractivity contribution in [1.29, 1.82) is 0 Å². The van der Waals surface area contributed by atoms with Gasteiger partial charge in [0.05, 0.1) is 19.1 Å². The Balaban J connectivity index is 2.03. The van der Waals surface area contributed by atoms with Gasteiger partial charge in [-0.15, -0.1) is 0 Å². The molecule has 0 saturated heterocycles. The van der Waals surface area contributed by atoms with Crippen LogP contribution in [0.4, 0.5) is 8.78 Å². The molecular formula is C22H21F2NO4S. The predicted octanol–water partition coefficient (Wildman–Crippen LogP) is 4.37. The van der Waals surface area contributed by atoms with E-state index in [1.807, 2.05) is 0 Å². The highest BCUT2D eigenvalue weighted by Gasteiger charge is 2.26. The van der Waals surface area contributed by atoms with Gasteiger partial charge in [0.1, 0.15) is 11.6 Å². The highest BCUT2D eigenvalue weighted by atomic mass is 32.2. The Morgan fingerprint density at radius 2 is 1.30 bits per heavy atom. The summed E-state index contributed by atoms with van der Waals surface area (Å²) in [4.78, 5) is -0.0204. The number of sulfonamides is 1. The molecule has 8 heteroatoms. The van der Waals surface area contributed by atoms with Crippen molar-refractivity contribution in [2.75, 3.05) is 14.2 Å². The quantitative estimate of drug-likeness (QED) is 0.529. The Labute approximate surface area is 174 Å². The summed E-state index contributed by atoms with van der Waals surface area (Å²) in [6, 6.07) is 15.6. The van der Waals surface area contributed by atoms with Crippen LogP contribution in [0.1, 0.15) is 11.1 Å². The molecule has 30 heavy (non-hydrogen) atoms. The van der Waals surface area contributed by atoms with Gasteiger partial charge in [-0.05, 0) is 47.5 Å². The summed E-state index contributed by atoms with van der Waals surface area (Å²) in [6.07, 6.45) is 0. The van der Waals surface area contributed by atoms with Gasteiger partial charge in [-0.1, -0.05) is 24.3 Å². The molecule has 158 valence electrons. The lowest BCUT2D eigenvalue weighted by Gasteiger charge is -2.23. The molecule has 0 bridgehead atoms. The van der Waals surface area contributed by atoms with Crippen LogP contribution in [0.5, 0.6) is 11.5 Å². The summed E-state index contributed by atoms with van der Waals surface area (Å²) in [5.74, 6) is -0.295. The predicted molar refractivity (Wildman–Crippen MR) is 109 cm³/mol. The lowest BCUT2D eigenvalue weighted by Crippen LogP contribution is -2.30. The van der Waals surface area contributed by atoms with Crippen LogP contribution in [0.15, 0.2) is 71.6 Å². The Bertz CT molecular complexity index is 1090. The van der Waals surface area contributed by atoms with Gasteiger partial charge in [0.15, 0.2) is 11.5 Å². The van der Waals surface area contributed by atoms with Gasteiger partial charge in [0.25, 0.3) is 0 Å². The third kappa shape index (κ3) is 4.95. The van der Waals surface area contributed by atoms with E-state index in [4.69, 9.17) is 9.47 Å². The van der Waals surface area contributed by atoms with E-state index in [0.717, 1.165) is 4.31 Å². The van der Waals surface area contributed by atoms with Gasteiger partial charge in [0.2, 0.25) is 10.0 Å². The van der Waals surface area contributed by atoms with Crippen molar-refractivity contribution in [3.8, 4) is 11.5 Å². The van der Waals surface area contributed by atoms with Gasteiger partial charge >= 0.3 is 0 Å². The largest absolute Gasteiger partial charge is 0.493 e. The number of methoxy groups -OCH3 is 2. The first-order valence-corrected chi connectivity index (χ1v) is 10.5. The molecule has 0 aliphatic rings. The molecule has 0 fully saturated rings. The number of hydrogen-bond donors (Lipinski definition) is 0. The van der Waals surface area contributed by atoms with Gasteiger partial charge in [-0.25, -0.2) is 17.2 Å². The van der Waals surface area contributed by atoms with Crippen LogP contribution in [-0.2, 0) is 23.1 Å². The third-order valence-electron chi connectivity index (χ3n) is 4.49. The fourth-order valence-corrected chi connectivity index (χ4v) is 4.46. The van der Waals surface area contributed by atoms with E-state index in [0.29, 0.717) is 16.9 Å². The summed E-state index contributed by atoms with van der Waals surface area (Å²) in [5, 5.41) is 0. The molecule has 3 aromatic rings. The molecule has 0 saturated carbocycles. The highest BCUT2D eigenvalue weighted by Crippen LogP contribution is 2.31. The van der Waals surface area contributed by atoms with E-state index in [-0.39, 0.29) is 23.7 Å². The molecule has 0 radical (unpaired) electrons. The molecule has 0 N–H and O–H groups in total. The van der Waals surface area contributed by atoms with Crippen molar-refractivity contribution in [3.05, 3.63) is 89.5 Å². The summed E-state index contributed by atoms with van der Waals surface area (Å²) in [6.45, 7) is -0.185. The molecule has 5 nitrogen and oxygen atoms in total. The van der Waals surface area contributed by atoms with Crippen LogP contribution >= 0.6 is 0 Å². The second kappa shape index (κ2) is 9.23. The fourth-order valence-electron chi connectivity index (χ4n) is 3.03. The molecule has 0 aromatic heterocycles. The van der Waals surface area contributed by atoms with Crippen molar-refractivity contribution in [1.82, 2.24) is 4.31 Å². The lowest BCUT2D eigenvalue weighted by atomic mass is 10.2. The second-order valence-electron chi connectivity index (χ2n) is 6.55. The standard InChI is InChI=1S/C22H21F2NO4S/c1-28-21-10-9-20(13-22(21)29-2)30(26,27)25(14-16-5-3-7-18(23)11-16)15-17-6-4-8-19(24)12-17/h3-13H,14-15H2,1-2H3. The van der Waals surface area contributed by atoms with E-state index < -0.39 is 21.7 Å². The number of benzene rings is 3. The second-order valence-corrected chi connectivity index (χ2v) is 8.49. The van der Waals surface area contributed by atoms with Gasteiger partial charge in [0, 0.05) is 19.2 Å². The number of nitrogens with zero attached hydrogens (tertiary/aromatic N) is 1. The number of halogens is 2. The molecule has 0 aliphatic heterocycles. The maximum absolute atomic E-state index is 13.7. The minimum Gasteiger partial charge on any atom is -0.493 e. The topological polar surface area (TPSA) is 55.8 Å². The maximum atomic E-state index is 13.7. The number of hydrogen-bond acceptors (Lipinski definition) is 4. The Kier molecular flexibility index (Phi) is 6.69. The van der Waals surface area contributed by atoms with Crippen LogP contribution in [0.25, 0.3) is 0 Å². The first-order valence-electron chi connectivity index (χ1n) is 9.04. The maximum Gasteiger partial charge on any atom is 0.243 e. The van der Waals surface area contributed by atoms with E-state index in [1.54, 1.807) is 12.1 Å². The van der Waals surface area contributed by atoms with Crippen LogP contribution in [0.2, 0.25) is 0 Å². The Morgan fingerprint density at radius 1 is 0.767 bits per heavy atom. The van der Waals surface area contributed by atoms with E-state index in [9.17, 15) is 17.2 Å². The first-order chi connectivity index (χ1) is 14.3. The summed E-state index contributed by atoms with van der Waals surface area (Å²) >= 11 is 0. The smallest absolute Gasteiger partial charge is 0.243 e. The highest BCUT2D eigenvalue weighted by molar-refractivity contribution is 7.89. The average molecular weight is 433 g/mol. The van der Waals surface area contributed by atoms with Gasteiger partial charge in [-0.2, -0.15) is 4.31 Å². The Morgan fingerprint density at radius 3 is 1.77 bits per heavy atom. The molecule has 0 amide bonds. The van der Waals surface area contributed by atoms with E-state index in [2.05, 4.69) is 0 Å². The molecule has 0 spiro atoms. The molecule has 0 atom stereocenters. The molecular weight excluding hydrogens is 412 g/mol. The zero-order chi connectivity index (χ0) is 21.7. The van der Waals surface area contributed by atoms with Gasteiger partial charge in [-0.3, -0.25) is 0 Å². The normalized spacial score (nSPS) is 11.5. The van der Waals surface area contributed by atoms with E-state index in [1.165, 1.54) is 68.8 Å². The van der Waals surface area contributed by atoms with Crippen LogP contribution < -0.4 is 9.47 Å². The number of rotatable bonds is 8. The van der Waals surface area contributed by atoms with E-state index >= 15 is 0 Å².